The number of ether oxygens (including phenoxy) is 1. The third-order valence-corrected chi connectivity index (χ3v) is 3.08. The SMILES string of the molecule is [B]C1CC(OCP(=O)(O)O)C(O)C1(C)F. The molecule has 1 aliphatic rings. The van der Waals surface area contributed by atoms with E-state index in [1.807, 2.05) is 0 Å². The molecule has 2 radical (unpaired) electrons. The lowest BCUT2D eigenvalue weighted by atomic mass is 9.77. The van der Waals surface area contributed by atoms with Gasteiger partial charge in [0.2, 0.25) is 0 Å². The first-order chi connectivity index (χ1) is 6.64. The Bertz CT molecular complexity index is 281. The molecule has 1 saturated carbocycles. The Kier molecular flexibility index (Phi) is 3.63. The van der Waals surface area contributed by atoms with Gasteiger partial charge in [-0.2, -0.15) is 0 Å². The molecule has 86 valence electrons. The van der Waals surface area contributed by atoms with Crippen molar-refractivity contribution in [3.63, 3.8) is 0 Å². The Hall–Kier alpha value is 0.0649. The highest BCUT2D eigenvalue weighted by molar-refractivity contribution is 7.51. The first-order valence-corrected chi connectivity index (χ1v) is 6.23. The van der Waals surface area contributed by atoms with Gasteiger partial charge >= 0.3 is 7.60 Å². The van der Waals surface area contributed by atoms with Gasteiger partial charge in [-0.25, -0.2) is 4.39 Å². The molecule has 5 nitrogen and oxygen atoms in total. The molecule has 0 aliphatic heterocycles. The van der Waals surface area contributed by atoms with Crippen LogP contribution in [0.3, 0.4) is 0 Å². The van der Waals surface area contributed by atoms with E-state index in [0.717, 1.165) is 6.92 Å². The van der Waals surface area contributed by atoms with E-state index in [1.54, 1.807) is 0 Å². The van der Waals surface area contributed by atoms with Crippen LogP contribution in [0.5, 0.6) is 0 Å². The highest BCUT2D eigenvalue weighted by atomic mass is 31.2. The molecule has 3 N–H and O–H groups in total. The molecule has 0 amide bonds. The molecule has 0 aromatic heterocycles. The molecule has 8 heteroatoms. The van der Waals surface area contributed by atoms with Crippen LogP contribution in [0.4, 0.5) is 4.39 Å². The average molecular weight is 238 g/mol. The molecule has 1 rings (SSSR count). The van der Waals surface area contributed by atoms with E-state index in [2.05, 4.69) is 0 Å². The molecule has 4 atom stereocenters. The second-order valence-electron chi connectivity index (χ2n) is 3.94. The molecule has 0 bridgehead atoms. The Balaban J connectivity index is 2.57. The van der Waals surface area contributed by atoms with Crippen molar-refractivity contribution in [2.24, 2.45) is 0 Å². The Morgan fingerprint density at radius 3 is 2.53 bits per heavy atom. The lowest BCUT2D eigenvalue weighted by molar-refractivity contribution is -0.0548. The highest BCUT2D eigenvalue weighted by Crippen LogP contribution is 2.44. The fraction of sp³-hybridized carbons (Fsp3) is 1.00. The van der Waals surface area contributed by atoms with E-state index in [0.29, 0.717) is 0 Å². The van der Waals surface area contributed by atoms with Crippen LogP contribution in [-0.2, 0) is 9.30 Å². The zero-order valence-corrected chi connectivity index (χ0v) is 9.10. The van der Waals surface area contributed by atoms with Crippen molar-refractivity contribution in [3.8, 4) is 0 Å². The average Bonchev–Trinajstić information content (AvgIpc) is 2.25. The van der Waals surface area contributed by atoms with Crippen LogP contribution < -0.4 is 0 Å². The predicted molar refractivity (Wildman–Crippen MR) is 51.4 cm³/mol. The van der Waals surface area contributed by atoms with E-state index in [9.17, 15) is 14.1 Å². The Morgan fingerprint density at radius 1 is 1.67 bits per heavy atom. The summed E-state index contributed by atoms with van der Waals surface area (Å²) in [7, 11) is 1.12. The maximum Gasteiger partial charge on any atom is 0.350 e. The van der Waals surface area contributed by atoms with Gasteiger partial charge in [0, 0.05) is 0 Å². The summed E-state index contributed by atoms with van der Waals surface area (Å²) in [5.41, 5.74) is -1.99. The molecule has 0 aromatic carbocycles. The zero-order chi connectivity index (χ0) is 11.9. The second-order valence-corrected chi connectivity index (χ2v) is 5.52. The van der Waals surface area contributed by atoms with Crippen LogP contribution in [0, 0.1) is 0 Å². The van der Waals surface area contributed by atoms with Crippen LogP contribution >= 0.6 is 7.60 Å². The zero-order valence-electron chi connectivity index (χ0n) is 8.21. The van der Waals surface area contributed by atoms with Crippen molar-refractivity contribution >= 4 is 15.4 Å². The van der Waals surface area contributed by atoms with Gasteiger partial charge in [0.25, 0.3) is 0 Å². The van der Waals surface area contributed by atoms with Crippen molar-refractivity contribution < 1.29 is 28.6 Å². The van der Waals surface area contributed by atoms with Crippen molar-refractivity contribution in [1.82, 2.24) is 0 Å². The minimum Gasteiger partial charge on any atom is -0.387 e. The summed E-state index contributed by atoms with van der Waals surface area (Å²) in [6.45, 7) is 1.14. The van der Waals surface area contributed by atoms with Crippen LogP contribution in [-0.4, -0.2) is 47.0 Å². The van der Waals surface area contributed by atoms with Crippen molar-refractivity contribution in [2.45, 2.75) is 37.0 Å². The van der Waals surface area contributed by atoms with Crippen LogP contribution in [0.15, 0.2) is 0 Å². The standard InChI is InChI=1S/C7H13BFO5P/c1-7(9)5(8)2-4(6(7)10)14-3-15(11,12)13/h4-6,10H,2-3H2,1H3,(H2,11,12,13). The van der Waals surface area contributed by atoms with Gasteiger partial charge in [-0.05, 0) is 19.2 Å². The fourth-order valence-corrected chi connectivity index (χ4v) is 1.93. The topological polar surface area (TPSA) is 87.0 Å². The summed E-state index contributed by atoms with van der Waals surface area (Å²) < 4.78 is 28.9. The lowest BCUT2D eigenvalue weighted by Gasteiger charge is -2.24. The smallest absolute Gasteiger partial charge is 0.350 e. The first-order valence-electron chi connectivity index (χ1n) is 4.43. The molecule has 0 spiro atoms. The summed E-state index contributed by atoms with van der Waals surface area (Å²) in [6, 6.07) is 0. The number of aliphatic hydroxyl groups excluding tert-OH is 1. The largest absolute Gasteiger partial charge is 0.387 e. The summed E-state index contributed by atoms with van der Waals surface area (Å²) in [6.07, 6.45) is -3.23. The summed E-state index contributed by atoms with van der Waals surface area (Å²) in [5, 5.41) is 9.45. The van der Waals surface area contributed by atoms with Crippen LogP contribution in [0.25, 0.3) is 0 Å². The first kappa shape index (κ1) is 13.1. The van der Waals surface area contributed by atoms with E-state index in [1.165, 1.54) is 0 Å². The Labute approximate surface area is 88.2 Å². The van der Waals surface area contributed by atoms with Crippen molar-refractivity contribution in [3.05, 3.63) is 0 Å². The fourth-order valence-electron chi connectivity index (χ4n) is 1.54. The van der Waals surface area contributed by atoms with Gasteiger partial charge in [-0.3, -0.25) is 4.57 Å². The van der Waals surface area contributed by atoms with Gasteiger partial charge in [-0.1, -0.05) is 0 Å². The third kappa shape index (κ3) is 3.01. The number of aliphatic hydroxyl groups is 1. The lowest BCUT2D eigenvalue weighted by Crippen LogP contribution is -2.38. The molecule has 0 saturated heterocycles. The van der Waals surface area contributed by atoms with Gasteiger partial charge < -0.3 is 19.6 Å². The normalized spacial score (nSPS) is 42.1. The summed E-state index contributed by atoms with van der Waals surface area (Å²) in [5.74, 6) is -0.894. The minimum atomic E-state index is -4.30. The number of halogens is 1. The van der Waals surface area contributed by atoms with E-state index in [-0.39, 0.29) is 6.42 Å². The number of hydrogen-bond donors (Lipinski definition) is 3. The molecule has 1 fully saturated rings. The molecule has 1 aliphatic carbocycles. The van der Waals surface area contributed by atoms with E-state index < -0.39 is 37.6 Å². The molecule has 0 aromatic rings. The molecular formula is C7H13BFO5P. The van der Waals surface area contributed by atoms with Crippen LogP contribution in [0.2, 0.25) is 5.82 Å². The van der Waals surface area contributed by atoms with Crippen LogP contribution in [0.1, 0.15) is 13.3 Å². The third-order valence-electron chi connectivity index (χ3n) is 2.60. The second kappa shape index (κ2) is 4.15. The highest BCUT2D eigenvalue weighted by Gasteiger charge is 2.50. The van der Waals surface area contributed by atoms with Crippen molar-refractivity contribution in [1.29, 1.82) is 0 Å². The molecular weight excluding hydrogens is 225 g/mol. The maximum atomic E-state index is 13.6. The molecule has 0 heterocycles. The number of rotatable bonds is 3. The number of alkyl halides is 1. The summed E-state index contributed by atoms with van der Waals surface area (Å²) >= 11 is 0. The maximum absolute atomic E-state index is 13.6. The molecule has 15 heavy (non-hydrogen) atoms. The van der Waals surface area contributed by atoms with Gasteiger partial charge in [0.1, 0.15) is 18.1 Å². The number of hydrogen-bond acceptors (Lipinski definition) is 3. The van der Waals surface area contributed by atoms with Gasteiger partial charge in [0.15, 0.2) is 0 Å². The Morgan fingerprint density at radius 2 is 2.20 bits per heavy atom. The van der Waals surface area contributed by atoms with Crippen molar-refractivity contribution in [2.75, 3.05) is 6.35 Å². The minimum absolute atomic E-state index is 0.0359. The monoisotopic (exact) mass is 238 g/mol. The molecule has 4 unspecified atom stereocenters. The summed E-state index contributed by atoms with van der Waals surface area (Å²) in [4.78, 5) is 17.1. The van der Waals surface area contributed by atoms with E-state index >= 15 is 0 Å². The quantitative estimate of drug-likeness (QED) is 0.474. The van der Waals surface area contributed by atoms with Gasteiger partial charge in [-0.15, -0.1) is 0 Å². The predicted octanol–water partition coefficient (Wildman–Crippen LogP) is -0.0434. The van der Waals surface area contributed by atoms with E-state index in [4.69, 9.17) is 22.4 Å². The van der Waals surface area contributed by atoms with Gasteiger partial charge in [0.05, 0.1) is 14.0 Å².